The molecule has 0 aliphatic heterocycles. The van der Waals surface area contributed by atoms with Gasteiger partial charge in [-0.2, -0.15) is 36.4 Å². The molecular formula is C18H24N2O6S2. The van der Waals surface area contributed by atoms with Crippen LogP contribution in [0.4, 0.5) is 0 Å². The van der Waals surface area contributed by atoms with Gasteiger partial charge in [-0.05, 0) is 52.0 Å². The Labute approximate surface area is 166 Å². The van der Waals surface area contributed by atoms with Gasteiger partial charge in [-0.1, -0.05) is 35.4 Å². The van der Waals surface area contributed by atoms with Crippen LogP contribution in [0.15, 0.2) is 58.3 Å². The largest absolute Gasteiger partial charge is 0.312 e. The minimum atomic E-state index is -4.01. The quantitative estimate of drug-likeness (QED) is 0.585. The van der Waals surface area contributed by atoms with Gasteiger partial charge < -0.3 is 0 Å². The third-order valence-corrected chi connectivity index (χ3v) is 6.07. The molecule has 0 aliphatic carbocycles. The van der Waals surface area contributed by atoms with E-state index in [1.165, 1.54) is 24.3 Å². The Morgan fingerprint density at radius 3 is 1.57 bits per heavy atom. The lowest BCUT2D eigenvalue weighted by atomic mass is 10.1. The van der Waals surface area contributed by atoms with E-state index in [1.54, 1.807) is 38.1 Å². The number of hydrogen-bond acceptors (Lipinski definition) is 8. The second-order valence-electron chi connectivity index (χ2n) is 7.01. The summed E-state index contributed by atoms with van der Waals surface area (Å²) in [4.78, 5) is 0.0159. The first kappa shape index (κ1) is 22.5. The summed E-state index contributed by atoms with van der Waals surface area (Å²) in [7, 11) is -8.00. The maximum atomic E-state index is 12.2. The Kier molecular flexibility index (Phi) is 6.97. The Balaban J connectivity index is 1.91. The van der Waals surface area contributed by atoms with E-state index >= 15 is 0 Å². The highest BCUT2D eigenvalue weighted by Gasteiger charge is 2.25. The van der Waals surface area contributed by atoms with Crippen molar-refractivity contribution < 1.29 is 25.4 Å². The fourth-order valence-electron chi connectivity index (χ4n) is 2.00. The van der Waals surface area contributed by atoms with E-state index in [9.17, 15) is 16.8 Å². The summed E-state index contributed by atoms with van der Waals surface area (Å²) in [5.74, 6) is 0. The fraction of sp³-hybridized carbons (Fsp3) is 0.333. The lowest BCUT2D eigenvalue weighted by Crippen LogP contribution is -2.48. The van der Waals surface area contributed by atoms with Crippen LogP contribution in [0.1, 0.15) is 25.0 Å². The van der Waals surface area contributed by atoms with Crippen LogP contribution >= 0.6 is 0 Å². The first-order chi connectivity index (χ1) is 12.9. The first-order valence-electron chi connectivity index (χ1n) is 8.42. The minimum Gasteiger partial charge on any atom is -0.192 e. The summed E-state index contributed by atoms with van der Waals surface area (Å²) in [6.45, 7) is 6.86. The summed E-state index contributed by atoms with van der Waals surface area (Å²) in [5, 5.41) is 0. The zero-order chi connectivity index (χ0) is 21.0. The van der Waals surface area contributed by atoms with Crippen LogP contribution in [0.5, 0.6) is 0 Å². The highest BCUT2D eigenvalue weighted by Crippen LogP contribution is 2.15. The summed E-state index contributed by atoms with van der Waals surface area (Å²) in [6, 6.07) is 12.4. The molecule has 0 aromatic heterocycles. The topological polar surface area (TPSA) is 111 Å². The fourth-order valence-corrected chi connectivity index (χ4v) is 3.68. The first-order valence-corrected chi connectivity index (χ1v) is 11.2. The number of hydrogen-bond donors (Lipinski definition) is 2. The van der Waals surface area contributed by atoms with Gasteiger partial charge in [-0.25, -0.2) is 0 Å². The molecule has 154 valence electrons. The highest BCUT2D eigenvalue weighted by atomic mass is 32.2. The monoisotopic (exact) mass is 428 g/mol. The molecule has 2 aromatic rings. The van der Waals surface area contributed by atoms with E-state index in [2.05, 4.69) is 11.0 Å². The standard InChI is InChI=1S/C18H24N2O6S2/c1-14-5-9-16(10-6-14)27(21,22)25-19-13-18(3,4)20-26-28(23,24)17-11-7-15(2)8-12-17/h5-12,19-20H,13H2,1-4H3. The van der Waals surface area contributed by atoms with E-state index in [1.807, 2.05) is 13.8 Å². The molecule has 0 fully saturated rings. The molecular weight excluding hydrogens is 404 g/mol. The Morgan fingerprint density at radius 2 is 1.14 bits per heavy atom. The minimum absolute atomic E-state index is 0.00700. The Hall–Kier alpha value is -1.82. The van der Waals surface area contributed by atoms with Crippen LogP contribution in [0, 0.1) is 13.8 Å². The van der Waals surface area contributed by atoms with Gasteiger partial charge >= 0.3 is 20.2 Å². The predicted octanol–water partition coefficient (Wildman–Crippen LogP) is 2.20. The molecule has 10 heteroatoms. The molecule has 0 atom stereocenters. The van der Waals surface area contributed by atoms with Crippen LogP contribution < -0.4 is 11.0 Å². The molecule has 0 heterocycles. The molecule has 0 saturated heterocycles. The van der Waals surface area contributed by atoms with Gasteiger partial charge in [0.05, 0.1) is 15.3 Å². The molecule has 0 unspecified atom stereocenters. The van der Waals surface area contributed by atoms with Crippen LogP contribution in [0.3, 0.4) is 0 Å². The molecule has 2 aromatic carbocycles. The van der Waals surface area contributed by atoms with Crippen molar-refractivity contribution in [3.05, 3.63) is 59.7 Å². The number of rotatable bonds is 9. The number of benzene rings is 2. The van der Waals surface area contributed by atoms with Crippen molar-refractivity contribution in [2.45, 2.75) is 43.0 Å². The predicted molar refractivity (Wildman–Crippen MR) is 104 cm³/mol. The third kappa shape index (κ3) is 6.36. The summed E-state index contributed by atoms with van der Waals surface area (Å²) >= 11 is 0. The summed E-state index contributed by atoms with van der Waals surface area (Å²) < 4.78 is 58.3. The average molecular weight is 429 g/mol. The average Bonchev–Trinajstić information content (AvgIpc) is 2.61. The van der Waals surface area contributed by atoms with Gasteiger partial charge in [0.25, 0.3) is 0 Å². The van der Waals surface area contributed by atoms with Crippen molar-refractivity contribution in [2.24, 2.45) is 0 Å². The van der Waals surface area contributed by atoms with Gasteiger partial charge in [-0.3, -0.25) is 0 Å². The van der Waals surface area contributed by atoms with Crippen molar-refractivity contribution in [3.8, 4) is 0 Å². The van der Waals surface area contributed by atoms with E-state index < -0.39 is 25.8 Å². The van der Waals surface area contributed by atoms with Crippen molar-refractivity contribution in [1.29, 1.82) is 0 Å². The SMILES string of the molecule is Cc1ccc(S(=O)(=O)ONCC(C)(C)NOS(=O)(=O)c2ccc(C)cc2)cc1. The Morgan fingerprint density at radius 1 is 0.750 bits per heavy atom. The van der Waals surface area contributed by atoms with E-state index in [4.69, 9.17) is 8.57 Å². The maximum absolute atomic E-state index is 12.2. The molecule has 28 heavy (non-hydrogen) atoms. The lowest BCUT2D eigenvalue weighted by Gasteiger charge is -2.25. The van der Waals surface area contributed by atoms with Gasteiger partial charge in [-0.15, -0.1) is 0 Å². The van der Waals surface area contributed by atoms with Crippen LogP contribution in [-0.4, -0.2) is 28.9 Å². The number of nitrogens with one attached hydrogen (secondary N) is 2. The zero-order valence-electron chi connectivity index (χ0n) is 16.1. The van der Waals surface area contributed by atoms with Crippen LogP contribution in [0.25, 0.3) is 0 Å². The smallest absolute Gasteiger partial charge is 0.192 e. The molecule has 0 spiro atoms. The molecule has 0 bridgehead atoms. The normalized spacial score (nSPS) is 12.9. The van der Waals surface area contributed by atoms with E-state index in [-0.39, 0.29) is 16.3 Å². The van der Waals surface area contributed by atoms with Gasteiger partial charge in [0.15, 0.2) is 0 Å². The maximum Gasteiger partial charge on any atom is 0.312 e. The van der Waals surface area contributed by atoms with Crippen molar-refractivity contribution in [1.82, 2.24) is 11.0 Å². The molecule has 8 nitrogen and oxygen atoms in total. The third-order valence-electron chi connectivity index (χ3n) is 3.73. The van der Waals surface area contributed by atoms with E-state index in [0.29, 0.717) is 0 Å². The van der Waals surface area contributed by atoms with Crippen molar-refractivity contribution in [3.63, 3.8) is 0 Å². The van der Waals surface area contributed by atoms with Gasteiger partial charge in [0.2, 0.25) is 0 Å². The van der Waals surface area contributed by atoms with Crippen molar-refractivity contribution in [2.75, 3.05) is 6.54 Å². The zero-order valence-corrected chi connectivity index (χ0v) is 17.7. The Bertz CT molecular complexity index is 999. The van der Waals surface area contributed by atoms with Crippen LogP contribution in [0.2, 0.25) is 0 Å². The lowest BCUT2D eigenvalue weighted by molar-refractivity contribution is 0.0844. The molecule has 2 rings (SSSR count). The van der Waals surface area contributed by atoms with Crippen molar-refractivity contribution >= 4 is 20.2 Å². The highest BCUT2D eigenvalue weighted by molar-refractivity contribution is 7.87. The van der Waals surface area contributed by atoms with Crippen LogP contribution in [-0.2, 0) is 28.8 Å². The van der Waals surface area contributed by atoms with Gasteiger partial charge in [0, 0.05) is 6.54 Å². The number of hydroxylamine groups is 2. The second-order valence-corrected chi connectivity index (χ2v) is 10.1. The van der Waals surface area contributed by atoms with E-state index in [0.717, 1.165) is 11.1 Å². The second kappa shape index (κ2) is 8.68. The molecule has 0 amide bonds. The molecule has 0 aliphatic rings. The number of aryl methyl sites for hydroxylation is 2. The molecule has 0 saturated carbocycles. The molecule has 2 N–H and O–H groups in total. The summed E-state index contributed by atoms with van der Waals surface area (Å²) in [6.07, 6.45) is 0. The van der Waals surface area contributed by atoms with Gasteiger partial charge in [0.1, 0.15) is 0 Å². The summed E-state index contributed by atoms with van der Waals surface area (Å²) in [5.41, 5.74) is 5.64. The molecule has 0 radical (unpaired) electrons.